The lowest BCUT2D eigenvalue weighted by atomic mass is 10.1. The van der Waals surface area contributed by atoms with Crippen molar-refractivity contribution in [3.63, 3.8) is 0 Å². The van der Waals surface area contributed by atoms with Crippen LogP contribution in [0.2, 0.25) is 0 Å². The van der Waals surface area contributed by atoms with Crippen LogP contribution in [-0.4, -0.2) is 43.8 Å². The highest BCUT2D eigenvalue weighted by atomic mass is 16.5. The van der Waals surface area contributed by atoms with Gasteiger partial charge in [-0.05, 0) is 6.07 Å². The first-order valence-corrected chi connectivity index (χ1v) is 7.54. The maximum atomic E-state index is 12.5. The summed E-state index contributed by atoms with van der Waals surface area (Å²) < 4.78 is 11.0. The molecule has 7 heteroatoms. The second-order valence-corrected chi connectivity index (χ2v) is 5.16. The zero-order valence-corrected chi connectivity index (χ0v) is 13.7. The number of hydrogen-bond donors (Lipinski definition) is 1. The third-order valence-corrected chi connectivity index (χ3v) is 3.62. The molecule has 0 spiro atoms. The van der Waals surface area contributed by atoms with Gasteiger partial charge < -0.3 is 19.4 Å². The molecule has 0 aliphatic carbocycles. The summed E-state index contributed by atoms with van der Waals surface area (Å²) in [6.45, 7) is 0.876. The Hall–Kier alpha value is -2.67. The van der Waals surface area contributed by atoms with Gasteiger partial charge in [-0.15, -0.1) is 0 Å². The van der Waals surface area contributed by atoms with E-state index in [1.165, 1.54) is 17.9 Å². The Morgan fingerprint density at radius 2 is 1.88 bits per heavy atom. The fourth-order valence-corrected chi connectivity index (χ4v) is 2.36. The van der Waals surface area contributed by atoms with E-state index >= 15 is 0 Å². The van der Waals surface area contributed by atoms with Crippen LogP contribution in [0.5, 0.6) is 0 Å². The fraction of sp³-hybridized carbons (Fsp3) is 0.353. The average molecular weight is 332 g/mol. The molecule has 2 aromatic rings. The van der Waals surface area contributed by atoms with Crippen molar-refractivity contribution in [1.82, 2.24) is 9.88 Å². The van der Waals surface area contributed by atoms with Crippen molar-refractivity contribution in [2.75, 3.05) is 27.4 Å². The first kappa shape index (κ1) is 17.7. The molecule has 0 aliphatic rings. The van der Waals surface area contributed by atoms with Gasteiger partial charge in [0.25, 0.3) is 11.5 Å². The fourth-order valence-electron chi connectivity index (χ4n) is 2.36. The maximum Gasteiger partial charge on any atom is 0.307 e. The predicted molar refractivity (Wildman–Crippen MR) is 89.1 cm³/mol. The standard InChI is InChI=1S/C17H20N2O5/c1-23-10-9-19-11-14(16(21)18-8-7-15(20)24-2)12-5-3-4-6-13(12)17(19)22/h3-6,11H,7-10H2,1-2H3,(H,18,21). The summed E-state index contributed by atoms with van der Waals surface area (Å²) in [5.74, 6) is -0.744. The van der Waals surface area contributed by atoms with E-state index < -0.39 is 5.97 Å². The quantitative estimate of drug-likeness (QED) is 0.763. The molecule has 1 N–H and O–H groups in total. The van der Waals surface area contributed by atoms with E-state index in [1.54, 1.807) is 31.4 Å². The molecule has 128 valence electrons. The summed E-state index contributed by atoms with van der Waals surface area (Å²) in [7, 11) is 2.84. The summed E-state index contributed by atoms with van der Waals surface area (Å²) in [5, 5.41) is 3.72. The third kappa shape index (κ3) is 3.99. The largest absolute Gasteiger partial charge is 0.469 e. The molecule has 0 unspecified atom stereocenters. The topological polar surface area (TPSA) is 86.6 Å². The van der Waals surface area contributed by atoms with Gasteiger partial charge in [-0.1, -0.05) is 18.2 Å². The lowest BCUT2D eigenvalue weighted by Crippen LogP contribution is -2.30. The van der Waals surface area contributed by atoms with Crippen molar-refractivity contribution >= 4 is 22.6 Å². The molecule has 2 rings (SSSR count). The number of benzene rings is 1. The Labute approximate surface area is 139 Å². The molecule has 0 fully saturated rings. The van der Waals surface area contributed by atoms with Crippen LogP contribution in [0.3, 0.4) is 0 Å². The van der Waals surface area contributed by atoms with Crippen molar-refractivity contribution in [1.29, 1.82) is 0 Å². The van der Waals surface area contributed by atoms with Crippen LogP contribution in [0.1, 0.15) is 16.8 Å². The summed E-state index contributed by atoms with van der Waals surface area (Å²) in [6, 6.07) is 6.94. The number of pyridine rings is 1. The van der Waals surface area contributed by atoms with Crippen molar-refractivity contribution in [2.45, 2.75) is 13.0 Å². The van der Waals surface area contributed by atoms with Gasteiger partial charge in [-0.2, -0.15) is 0 Å². The number of rotatable bonds is 7. The van der Waals surface area contributed by atoms with Crippen molar-refractivity contribution < 1.29 is 19.1 Å². The summed E-state index contributed by atoms with van der Waals surface area (Å²) >= 11 is 0. The van der Waals surface area contributed by atoms with E-state index in [9.17, 15) is 14.4 Å². The Morgan fingerprint density at radius 1 is 1.17 bits per heavy atom. The van der Waals surface area contributed by atoms with Crippen LogP contribution in [0.15, 0.2) is 35.3 Å². The minimum atomic E-state index is -0.398. The smallest absolute Gasteiger partial charge is 0.307 e. The Kier molecular flexibility index (Phi) is 6.08. The van der Waals surface area contributed by atoms with E-state index in [0.29, 0.717) is 29.5 Å². The molecule has 1 amide bonds. The molecule has 1 heterocycles. The molecule has 24 heavy (non-hydrogen) atoms. The number of fused-ring (bicyclic) bond motifs is 1. The van der Waals surface area contributed by atoms with E-state index in [-0.39, 0.29) is 24.4 Å². The zero-order valence-electron chi connectivity index (χ0n) is 13.7. The van der Waals surface area contributed by atoms with Crippen LogP contribution in [0, 0.1) is 0 Å². The molecular formula is C17H20N2O5. The lowest BCUT2D eigenvalue weighted by molar-refractivity contribution is -0.140. The number of nitrogens with zero attached hydrogens (tertiary/aromatic N) is 1. The normalized spacial score (nSPS) is 10.6. The molecular weight excluding hydrogens is 312 g/mol. The summed E-state index contributed by atoms with van der Waals surface area (Å²) in [6.07, 6.45) is 1.61. The number of methoxy groups -OCH3 is 2. The van der Waals surface area contributed by atoms with Crippen molar-refractivity contribution in [3.8, 4) is 0 Å². The molecule has 7 nitrogen and oxygen atoms in total. The van der Waals surface area contributed by atoms with E-state index in [0.717, 1.165) is 0 Å². The number of esters is 1. The number of carbonyl (C=O) groups is 2. The van der Waals surface area contributed by atoms with E-state index in [2.05, 4.69) is 10.1 Å². The highest BCUT2D eigenvalue weighted by Crippen LogP contribution is 2.15. The highest BCUT2D eigenvalue weighted by molar-refractivity contribution is 6.06. The number of carbonyl (C=O) groups excluding carboxylic acids is 2. The molecule has 0 aliphatic heterocycles. The second-order valence-electron chi connectivity index (χ2n) is 5.16. The van der Waals surface area contributed by atoms with Crippen LogP contribution in [0.25, 0.3) is 10.8 Å². The molecule has 0 atom stereocenters. The zero-order chi connectivity index (χ0) is 17.5. The highest BCUT2D eigenvalue weighted by Gasteiger charge is 2.14. The summed E-state index contributed by atoms with van der Waals surface area (Å²) in [5.41, 5.74) is 0.208. The van der Waals surface area contributed by atoms with Crippen LogP contribution >= 0.6 is 0 Å². The summed E-state index contributed by atoms with van der Waals surface area (Å²) in [4.78, 5) is 36.0. The minimum absolute atomic E-state index is 0.0868. The van der Waals surface area contributed by atoms with Gasteiger partial charge in [0, 0.05) is 37.2 Å². The van der Waals surface area contributed by atoms with Gasteiger partial charge in [0.05, 0.1) is 25.7 Å². The van der Waals surface area contributed by atoms with Gasteiger partial charge in [0.15, 0.2) is 0 Å². The third-order valence-electron chi connectivity index (χ3n) is 3.62. The molecule has 0 bridgehead atoms. The van der Waals surface area contributed by atoms with E-state index in [4.69, 9.17) is 4.74 Å². The molecule has 0 saturated heterocycles. The Balaban J connectivity index is 2.33. The second kappa shape index (κ2) is 8.26. The number of ether oxygens (including phenoxy) is 2. The van der Waals surface area contributed by atoms with E-state index in [1.807, 2.05) is 0 Å². The number of amides is 1. The van der Waals surface area contributed by atoms with Gasteiger partial charge in [-0.3, -0.25) is 14.4 Å². The number of hydrogen-bond acceptors (Lipinski definition) is 5. The predicted octanol–water partition coefficient (Wildman–Crippen LogP) is 0.941. The maximum absolute atomic E-state index is 12.5. The van der Waals surface area contributed by atoms with Crippen LogP contribution < -0.4 is 10.9 Å². The number of nitrogens with one attached hydrogen (secondary N) is 1. The Bertz CT molecular complexity index is 797. The van der Waals surface area contributed by atoms with Gasteiger partial charge in [0.1, 0.15) is 0 Å². The molecule has 1 aromatic heterocycles. The van der Waals surface area contributed by atoms with Crippen LogP contribution in [0.4, 0.5) is 0 Å². The molecule has 1 aromatic carbocycles. The molecule has 0 radical (unpaired) electrons. The van der Waals surface area contributed by atoms with Crippen molar-refractivity contribution in [3.05, 3.63) is 46.4 Å². The lowest BCUT2D eigenvalue weighted by Gasteiger charge is -2.12. The minimum Gasteiger partial charge on any atom is -0.469 e. The average Bonchev–Trinajstić information content (AvgIpc) is 2.61. The number of aromatic nitrogens is 1. The van der Waals surface area contributed by atoms with Gasteiger partial charge in [0.2, 0.25) is 0 Å². The monoisotopic (exact) mass is 332 g/mol. The first-order chi connectivity index (χ1) is 11.6. The molecule has 0 saturated carbocycles. The Morgan fingerprint density at radius 3 is 2.54 bits per heavy atom. The van der Waals surface area contributed by atoms with Crippen molar-refractivity contribution in [2.24, 2.45) is 0 Å². The van der Waals surface area contributed by atoms with Gasteiger partial charge in [-0.25, -0.2) is 0 Å². The van der Waals surface area contributed by atoms with Crippen LogP contribution in [-0.2, 0) is 20.8 Å². The SMILES string of the molecule is COCCn1cc(C(=O)NCCC(=O)OC)c2ccccc2c1=O. The first-order valence-electron chi connectivity index (χ1n) is 7.54. The van der Waals surface area contributed by atoms with Gasteiger partial charge >= 0.3 is 5.97 Å².